The molecule has 2 aliphatic rings. The molecule has 3 heterocycles. The molecule has 0 saturated carbocycles. The van der Waals surface area contributed by atoms with Crippen molar-refractivity contribution in [2.24, 2.45) is 10.3 Å². The third-order valence-corrected chi connectivity index (χ3v) is 5.38. The Hall–Kier alpha value is -3.66. The fraction of sp³-hybridized carbons (Fsp3) is 0.200. The highest BCUT2D eigenvalue weighted by Crippen LogP contribution is 2.34. The molecular weight excluding hydrogens is 427 g/mol. The number of aromatic nitrogens is 2. The molecule has 2 aromatic carbocycles. The van der Waals surface area contributed by atoms with Crippen molar-refractivity contribution in [1.82, 2.24) is 15.1 Å². The highest BCUT2D eigenvalue weighted by molar-refractivity contribution is 6.32. The molecule has 0 spiro atoms. The van der Waals surface area contributed by atoms with Crippen molar-refractivity contribution < 1.29 is 18.5 Å². The average Bonchev–Trinajstić information content (AvgIpc) is 3.44. The van der Waals surface area contributed by atoms with E-state index in [1.165, 1.54) is 17.1 Å². The molecule has 3 aromatic rings. The summed E-state index contributed by atoms with van der Waals surface area (Å²) in [5.41, 5.74) is 2.06. The lowest BCUT2D eigenvalue weighted by atomic mass is 10.1. The topological polar surface area (TPSA) is 104 Å². The van der Waals surface area contributed by atoms with Crippen LogP contribution in [0.1, 0.15) is 11.5 Å². The Morgan fingerprint density at radius 3 is 2.65 bits per heavy atom. The highest BCUT2D eigenvalue weighted by atomic mass is 35.5. The first-order chi connectivity index (χ1) is 14.9. The van der Waals surface area contributed by atoms with Crippen LogP contribution in [-0.2, 0) is 16.1 Å². The van der Waals surface area contributed by atoms with E-state index in [1.54, 1.807) is 0 Å². The molecule has 11 heteroatoms. The first-order valence-electron chi connectivity index (χ1n) is 9.32. The molecule has 2 aliphatic heterocycles. The lowest BCUT2D eigenvalue weighted by Crippen LogP contribution is -2.39. The van der Waals surface area contributed by atoms with Gasteiger partial charge in [-0.1, -0.05) is 51.8 Å². The van der Waals surface area contributed by atoms with E-state index in [0.29, 0.717) is 5.82 Å². The molecule has 1 saturated heterocycles. The number of carbonyl (C=O) groups excluding carboxylic acids is 2. The van der Waals surface area contributed by atoms with Gasteiger partial charge in [-0.25, -0.2) is 9.29 Å². The number of hydrogen-bond acceptors (Lipinski definition) is 8. The van der Waals surface area contributed by atoms with Crippen molar-refractivity contribution in [1.29, 1.82) is 0 Å². The molecule has 2 amide bonds. The molecule has 1 fully saturated rings. The zero-order chi connectivity index (χ0) is 21.7. The summed E-state index contributed by atoms with van der Waals surface area (Å²) in [6.07, 6.45) is 0. The Labute approximate surface area is 180 Å². The van der Waals surface area contributed by atoms with Crippen molar-refractivity contribution in [2.45, 2.75) is 25.6 Å². The van der Waals surface area contributed by atoms with Crippen LogP contribution in [0.2, 0.25) is 5.02 Å². The Bertz CT molecular complexity index is 1230. The number of fused-ring (bicyclic) bond motifs is 1. The third kappa shape index (κ3) is 3.25. The third-order valence-electron chi connectivity index (χ3n) is 5.09. The number of aryl methyl sites for hydroxylation is 1. The maximum absolute atomic E-state index is 13.5. The summed E-state index contributed by atoms with van der Waals surface area (Å²) in [5, 5.41) is 13.0. The molecule has 5 rings (SSSR count). The van der Waals surface area contributed by atoms with Gasteiger partial charge >= 0.3 is 0 Å². The van der Waals surface area contributed by atoms with E-state index in [1.807, 2.05) is 31.2 Å². The van der Waals surface area contributed by atoms with E-state index < -0.39 is 29.7 Å². The first kappa shape index (κ1) is 19.3. The lowest BCUT2D eigenvalue weighted by Gasteiger charge is -2.19. The fourth-order valence-electron chi connectivity index (χ4n) is 3.51. The molecule has 0 aliphatic carbocycles. The van der Waals surface area contributed by atoms with E-state index in [9.17, 15) is 14.0 Å². The monoisotopic (exact) mass is 440 g/mol. The van der Waals surface area contributed by atoms with Crippen LogP contribution in [0.3, 0.4) is 0 Å². The normalized spacial score (nSPS) is 20.1. The maximum atomic E-state index is 13.5. The largest absolute Gasteiger partial charge is 0.337 e. The fourth-order valence-corrected chi connectivity index (χ4v) is 3.68. The number of amides is 2. The van der Waals surface area contributed by atoms with E-state index in [2.05, 4.69) is 20.5 Å². The second kappa shape index (κ2) is 7.24. The summed E-state index contributed by atoms with van der Waals surface area (Å²) in [7, 11) is 0. The standard InChI is InChI=1S/C20H14ClFN6O3/c1-10-2-4-11(5-3-10)18-23-15(31-25-18)9-27-17-16(24-26-27)19(29)28(20(17)30)12-6-7-14(22)13(21)8-12/h2-8,16-17H,9H2,1H3. The van der Waals surface area contributed by atoms with Crippen LogP contribution in [0.5, 0.6) is 0 Å². The second-order valence-electron chi connectivity index (χ2n) is 7.18. The van der Waals surface area contributed by atoms with E-state index in [-0.39, 0.29) is 23.1 Å². The van der Waals surface area contributed by atoms with Crippen LogP contribution in [0.4, 0.5) is 10.1 Å². The summed E-state index contributed by atoms with van der Waals surface area (Å²) in [6.45, 7) is 1.98. The summed E-state index contributed by atoms with van der Waals surface area (Å²) >= 11 is 5.80. The molecule has 0 radical (unpaired) electrons. The number of rotatable bonds is 4. The minimum atomic E-state index is -1.00. The van der Waals surface area contributed by atoms with Crippen molar-refractivity contribution in [2.75, 3.05) is 4.90 Å². The van der Waals surface area contributed by atoms with Gasteiger partial charge in [-0.05, 0) is 25.1 Å². The average molecular weight is 441 g/mol. The van der Waals surface area contributed by atoms with Crippen LogP contribution in [0.15, 0.2) is 57.3 Å². The number of benzene rings is 2. The van der Waals surface area contributed by atoms with Crippen molar-refractivity contribution in [3.8, 4) is 11.4 Å². The first-order valence-corrected chi connectivity index (χ1v) is 9.70. The van der Waals surface area contributed by atoms with Gasteiger partial charge in [0.15, 0.2) is 12.1 Å². The smallest absolute Gasteiger partial charge is 0.263 e. The van der Waals surface area contributed by atoms with E-state index in [0.717, 1.165) is 22.1 Å². The molecule has 9 nitrogen and oxygen atoms in total. The van der Waals surface area contributed by atoms with Gasteiger partial charge < -0.3 is 4.52 Å². The van der Waals surface area contributed by atoms with Crippen LogP contribution in [-0.4, -0.2) is 39.0 Å². The van der Waals surface area contributed by atoms with Gasteiger partial charge in [-0.15, -0.1) is 0 Å². The number of nitrogens with zero attached hydrogens (tertiary/aromatic N) is 6. The highest BCUT2D eigenvalue weighted by Gasteiger charge is 2.55. The molecule has 0 N–H and O–H groups in total. The number of halogens is 2. The van der Waals surface area contributed by atoms with E-state index >= 15 is 0 Å². The number of hydrogen-bond donors (Lipinski definition) is 0. The van der Waals surface area contributed by atoms with Gasteiger partial charge in [-0.3, -0.25) is 14.6 Å². The molecule has 31 heavy (non-hydrogen) atoms. The van der Waals surface area contributed by atoms with Gasteiger partial charge in [0.05, 0.1) is 10.7 Å². The predicted octanol–water partition coefficient (Wildman–Crippen LogP) is 3.33. The number of carbonyl (C=O) groups is 2. The zero-order valence-corrected chi connectivity index (χ0v) is 16.8. The lowest BCUT2D eigenvalue weighted by molar-refractivity contribution is -0.123. The van der Waals surface area contributed by atoms with Gasteiger partial charge in [-0.2, -0.15) is 10.1 Å². The van der Waals surface area contributed by atoms with Crippen molar-refractivity contribution in [3.63, 3.8) is 0 Å². The molecule has 0 bridgehead atoms. The second-order valence-corrected chi connectivity index (χ2v) is 7.59. The maximum Gasteiger partial charge on any atom is 0.263 e. The minimum Gasteiger partial charge on any atom is -0.337 e. The quantitative estimate of drug-likeness (QED) is 0.576. The molecule has 156 valence electrons. The Kier molecular flexibility index (Phi) is 4.51. The van der Waals surface area contributed by atoms with Crippen LogP contribution >= 0.6 is 11.6 Å². The SMILES string of the molecule is Cc1ccc(-c2noc(CN3N=NC4C(=O)N(c5ccc(F)c(Cl)c5)C(=O)C43)n2)cc1. The number of imide groups is 1. The Balaban J connectivity index is 1.36. The Morgan fingerprint density at radius 2 is 1.90 bits per heavy atom. The zero-order valence-electron chi connectivity index (χ0n) is 16.1. The minimum absolute atomic E-state index is 0.000558. The van der Waals surface area contributed by atoms with Crippen LogP contribution < -0.4 is 4.90 Å². The molecule has 2 unspecified atom stereocenters. The van der Waals surface area contributed by atoms with Gasteiger partial charge in [0.25, 0.3) is 11.8 Å². The Morgan fingerprint density at radius 1 is 1.13 bits per heavy atom. The van der Waals surface area contributed by atoms with Gasteiger partial charge in [0.2, 0.25) is 11.7 Å². The molecule has 1 aromatic heterocycles. The molecular formula is C20H14ClFN6O3. The summed E-state index contributed by atoms with van der Waals surface area (Å²) in [5.74, 6) is -1.12. The van der Waals surface area contributed by atoms with Crippen LogP contribution in [0.25, 0.3) is 11.4 Å². The number of anilines is 1. The van der Waals surface area contributed by atoms with Gasteiger partial charge in [0.1, 0.15) is 12.4 Å². The summed E-state index contributed by atoms with van der Waals surface area (Å²) in [4.78, 5) is 31.0. The van der Waals surface area contributed by atoms with E-state index in [4.69, 9.17) is 16.1 Å². The molecule has 2 atom stereocenters. The summed E-state index contributed by atoms with van der Waals surface area (Å²) < 4.78 is 18.8. The van der Waals surface area contributed by atoms with Crippen molar-refractivity contribution in [3.05, 3.63) is 64.8 Å². The van der Waals surface area contributed by atoms with Crippen LogP contribution in [0, 0.1) is 12.7 Å². The van der Waals surface area contributed by atoms with Crippen molar-refractivity contribution >= 4 is 29.1 Å². The summed E-state index contributed by atoms with van der Waals surface area (Å²) in [6, 6.07) is 9.29. The van der Waals surface area contributed by atoms with Gasteiger partial charge in [0, 0.05) is 5.56 Å². The predicted molar refractivity (Wildman–Crippen MR) is 106 cm³/mol.